The summed E-state index contributed by atoms with van der Waals surface area (Å²) in [6.07, 6.45) is 5.30. The molecule has 6 atom stereocenters. The van der Waals surface area contributed by atoms with Gasteiger partial charge in [0.15, 0.2) is 0 Å². The van der Waals surface area contributed by atoms with Gasteiger partial charge in [0.2, 0.25) is 0 Å². The van der Waals surface area contributed by atoms with Gasteiger partial charge in [0.25, 0.3) is 0 Å². The van der Waals surface area contributed by atoms with Gasteiger partial charge in [-0.2, -0.15) is 0 Å². The Balaban J connectivity index is 1.69. The molecule has 3 nitrogen and oxygen atoms in total. The summed E-state index contributed by atoms with van der Waals surface area (Å²) >= 11 is 0. The molecule has 22 heavy (non-hydrogen) atoms. The van der Waals surface area contributed by atoms with Gasteiger partial charge in [-0.15, -0.1) is 0 Å². The first kappa shape index (κ1) is 14.5. The Morgan fingerprint density at radius 3 is 2.91 bits per heavy atom. The lowest BCUT2D eigenvalue weighted by atomic mass is 9.55. The Hall–Kier alpha value is -1.06. The first-order valence-electron chi connectivity index (χ1n) is 8.65. The smallest absolute Gasteiger partial charge is 0.119 e. The molecule has 0 amide bonds. The van der Waals surface area contributed by atoms with Gasteiger partial charge < -0.3 is 15.6 Å². The SMILES string of the molecule is COc1ccc2c(c1)CCC1C2CC[C@@]2(C)C1CC(N)[C@H]2O. The summed E-state index contributed by atoms with van der Waals surface area (Å²) in [4.78, 5) is 0. The molecule has 120 valence electrons. The number of benzene rings is 1. The van der Waals surface area contributed by atoms with E-state index in [0.29, 0.717) is 17.8 Å². The van der Waals surface area contributed by atoms with Crippen molar-refractivity contribution >= 4 is 0 Å². The Bertz CT molecular complexity index is 587. The second-order valence-electron chi connectivity index (χ2n) is 7.87. The molecule has 0 bridgehead atoms. The molecule has 2 saturated carbocycles. The third-order valence-electron chi connectivity index (χ3n) is 6.98. The molecule has 3 aliphatic rings. The van der Waals surface area contributed by atoms with Crippen molar-refractivity contribution in [2.45, 2.75) is 57.1 Å². The van der Waals surface area contributed by atoms with Crippen molar-refractivity contribution in [3.63, 3.8) is 0 Å². The van der Waals surface area contributed by atoms with Crippen molar-refractivity contribution in [2.75, 3.05) is 7.11 Å². The highest BCUT2D eigenvalue weighted by atomic mass is 16.5. The number of fused-ring (bicyclic) bond motifs is 5. The lowest BCUT2D eigenvalue weighted by molar-refractivity contribution is -0.0256. The molecule has 3 aliphatic carbocycles. The molecule has 0 heterocycles. The van der Waals surface area contributed by atoms with Crippen molar-refractivity contribution in [3.8, 4) is 5.75 Å². The average Bonchev–Trinajstić information content (AvgIpc) is 2.77. The van der Waals surface area contributed by atoms with E-state index in [1.165, 1.54) is 24.0 Å². The number of aliphatic hydroxyl groups is 1. The fourth-order valence-electron chi connectivity index (χ4n) is 5.76. The summed E-state index contributed by atoms with van der Waals surface area (Å²) in [5, 5.41) is 10.6. The van der Waals surface area contributed by atoms with Crippen LogP contribution in [0.15, 0.2) is 18.2 Å². The van der Waals surface area contributed by atoms with Crippen molar-refractivity contribution in [3.05, 3.63) is 29.3 Å². The highest BCUT2D eigenvalue weighted by Gasteiger charge is 2.57. The van der Waals surface area contributed by atoms with E-state index in [0.717, 1.165) is 25.0 Å². The normalized spacial score (nSPS) is 43.2. The van der Waals surface area contributed by atoms with Crippen LogP contribution in [0.5, 0.6) is 5.75 Å². The minimum absolute atomic E-state index is 0.0323. The van der Waals surface area contributed by atoms with E-state index in [4.69, 9.17) is 10.5 Å². The largest absolute Gasteiger partial charge is 0.497 e. The minimum Gasteiger partial charge on any atom is -0.497 e. The second kappa shape index (κ2) is 4.97. The van der Waals surface area contributed by atoms with Crippen LogP contribution in [0.3, 0.4) is 0 Å². The van der Waals surface area contributed by atoms with Crippen LogP contribution in [0.1, 0.15) is 49.7 Å². The molecule has 2 fully saturated rings. The zero-order valence-corrected chi connectivity index (χ0v) is 13.6. The number of aryl methyl sites for hydroxylation is 1. The summed E-state index contributed by atoms with van der Waals surface area (Å²) in [7, 11) is 1.74. The van der Waals surface area contributed by atoms with Crippen LogP contribution in [-0.2, 0) is 6.42 Å². The molecule has 0 saturated heterocycles. The van der Waals surface area contributed by atoms with Gasteiger partial charge in [-0.25, -0.2) is 0 Å². The number of hydrogen-bond acceptors (Lipinski definition) is 3. The predicted molar refractivity (Wildman–Crippen MR) is 87.0 cm³/mol. The van der Waals surface area contributed by atoms with Gasteiger partial charge >= 0.3 is 0 Å². The van der Waals surface area contributed by atoms with Crippen LogP contribution in [0.4, 0.5) is 0 Å². The van der Waals surface area contributed by atoms with Crippen LogP contribution in [0, 0.1) is 17.3 Å². The molecule has 3 N–H and O–H groups in total. The first-order valence-corrected chi connectivity index (χ1v) is 8.65. The van der Waals surface area contributed by atoms with E-state index in [2.05, 4.69) is 25.1 Å². The number of nitrogens with two attached hydrogens (primary N) is 1. The highest BCUT2D eigenvalue weighted by molar-refractivity contribution is 5.40. The number of rotatable bonds is 1. The van der Waals surface area contributed by atoms with Crippen LogP contribution < -0.4 is 10.5 Å². The lowest BCUT2D eigenvalue weighted by Crippen LogP contribution is -2.45. The van der Waals surface area contributed by atoms with Crippen LogP contribution >= 0.6 is 0 Å². The fraction of sp³-hybridized carbons (Fsp3) is 0.684. The first-order chi connectivity index (χ1) is 10.5. The Morgan fingerprint density at radius 2 is 2.14 bits per heavy atom. The topological polar surface area (TPSA) is 55.5 Å². The standard InChI is InChI=1S/C19H27NO2/c1-19-8-7-14-13-6-4-12(22-2)9-11(13)3-5-15(14)16(19)10-17(20)18(19)21/h4,6,9,14-18,21H,3,5,7-8,10,20H2,1-2H3/t14?,15?,16?,17?,18-,19+/m1/s1. The van der Waals surface area contributed by atoms with Crippen LogP contribution in [0.25, 0.3) is 0 Å². The van der Waals surface area contributed by atoms with Gasteiger partial charge in [-0.3, -0.25) is 0 Å². The molecule has 1 aromatic rings. The van der Waals surface area contributed by atoms with E-state index in [9.17, 15) is 5.11 Å². The maximum atomic E-state index is 10.6. The van der Waals surface area contributed by atoms with Gasteiger partial charge in [0.1, 0.15) is 5.75 Å². The molecule has 0 radical (unpaired) electrons. The van der Waals surface area contributed by atoms with Gasteiger partial charge in [-0.05, 0) is 78.5 Å². The summed E-state index contributed by atoms with van der Waals surface area (Å²) in [6.45, 7) is 2.27. The van der Waals surface area contributed by atoms with E-state index in [1.807, 2.05) is 0 Å². The minimum atomic E-state index is -0.323. The van der Waals surface area contributed by atoms with Crippen LogP contribution in [-0.4, -0.2) is 24.4 Å². The molecule has 1 aromatic carbocycles. The Labute approximate surface area is 132 Å². The zero-order valence-electron chi connectivity index (χ0n) is 13.6. The van der Waals surface area contributed by atoms with Gasteiger partial charge in [-0.1, -0.05) is 13.0 Å². The number of methoxy groups -OCH3 is 1. The number of ether oxygens (including phenoxy) is 1. The maximum absolute atomic E-state index is 10.6. The molecule has 4 unspecified atom stereocenters. The monoisotopic (exact) mass is 301 g/mol. The van der Waals surface area contributed by atoms with Crippen LogP contribution in [0.2, 0.25) is 0 Å². The molecule has 0 aromatic heterocycles. The average molecular weight is 301 g/mol. The summed E-state index contributed by atoms with van der Waals surface area (Å²) < 4.78 is 5.38. The molecule has 4 rings (SSSR count). The van der Waals surface area contributed by atoms with Crippen molar-refractivity contribution in [1.29, 1.82) is 0 Å². The van der Waals surface area contributed by atoms with E-state index in [1.54, 1.807) is 7.11 Å². The quantitative estimate of drug-likeness (QED) is 0.838. The molecular formula is C19H27NO2. The number of hydrogen-bond donors (Lipinski definition) is 2. The van der Waals surface area contributed by atoms with E-state index >= 15 is 0 Å². The van der Waals surface area contributed by atoms with Crippen molar-refractivity contribution in [1.82, 2.24) is 0 Å². The Morgan fingerprint density at radius 1 is 1.32 bits per heavy atom. The summed E-state index contributed by atoms with van der Waals surface area (Å²) in [5.41, 5.74) is 9.23. The second-order valence-corrected chi connectivity index (χ2v) is 7.87. The van der Waals surface area contributed by atoms with E-state index < -0.39 is 0 Å². The highest BCUT2D eigenvalue weighted by Crippen LogP contribution is 2.60. The Kier molecular flexibility index (Phi) is 3.28. The fourth-order valence-corrected chi connectivity index (χ4v) is 5.76. The van der Waals surface area contributed by atoms with Gasteiger partial charge in [0, 0.05) is 6.04 Å². The summed E-state index contributed by atoms with van der Waals surface area (Å²) in [6, 6.07) is 6.56. The number of aliphatic hydroxyl groups excluding tert-OH is 1. The third kappa shape index (κ3) is 1.88. The van der Waals surface area contributed by atoms with Crippen molar-refractivity contribution in [2.24, 2.45) is 23.0 Å². The van der Waals surface area contributed by atoms with Crippen molar-refractivity contribution < 1.29 is 9.84 Å². The van der Waals surface area contributed by atoms with E-state index in [-0.39, 0.29) is 17.6 Å². The van der Waals surface area contributed by atoms with Gasteiger partial charge in [0.05, 0.1) is 13.2 Å². The third-order valence-corrected chi connectivity index (χ3v) is 6.98. The molecular weight excluding hydrogens is 274 g/mol. The maximum Gasteiger partial charge on any atom is 0.119 e. The molecule has 0 aliphatic heterocycles. The molecule has 0 spiro atoms. The lowest BCUT2D eigenvalue weighted by Gasteiger charge is -2.50. The predicted octanol–water partition coefficient (Wildman–Crippen LogP) is 2.85. The zero-order chi connectivity index (χ0) is 15.5. The molecule has 3 heteroatoms. The summed E-state index contributed by atoms with van der Waals surface area (Å²) in [5.74, 6) is 2.87.